The van der Waals surface area contributed by atoms with Crippen molar-refractivity contribution >= 4 is 22.8 Å². The van der Waals surface area contributed by atoms with E-state index < -0.39 is 0 Å². The van der Waals surface area contributed by atoms with Crippen LogP contribution in [0.2, 0.25) is 0 Å². The van der Waals surface area contributed by atoms with Gasteiger partial charge in [-0.05, 0) is 24.3 Å². The van der Waals surface area contributed by atoms with E-state index in [-0.39, 0.29) is 0 Å². The second-order valence-electron chi connectivity index (χ2n) is 4.93. The third-order valence-corrected chi connectivity index (χ3v) is 3.75. The highest BCUT2D eigenvalue weighted by atomic mass is 15.4. The third-order valence-electron chi connectivity index (χ3n) is 3.75. The van der Waals surface area contributed by atoms with Crippen LogP contribution in [0.3, 0.4) is 0 Å². The summed E-state index contributed by atoms with van der Waals surface area (Å²) in [7, 11) is 3.86. The van der Waals surface area contributed by atoms with Crippen LogP contribution in [0.4, 0.5) is 17.1 Å². The topological polar surface area (TPSA) is 31.4 Å². The zero-order valence-corrected chi connectivity index (χ0v) is 12.3. The van der Waals surface area contributed by atoms with Crippen molar-refractivity contribution in [3.63, 3.8) is 0 Å². The highest BCUT2D eigenvalue weighted by Crippen LogP contribution is 2.44. The van der Waals surface area contributed by atoms with Gasteiger partial charge in [0.15, 0.2) is 0 Å². The zero-order valence-electron chi connectivity index (χ0n) is 12.3. The van der Waals surface area contributed by atoms with E-state index in [9.17, 15) is 0 Å². The molecular weight excluding hydrogens is 260 g/mol. The smallest absolute Gasteiger partial charge is 0.110 e. The fourth-order valence-corrected chi connectivity index (χ4v) is 2.48. The maximum Gasteiger partial charge on any atom is 0.110 e. The fourth-order valence-electron chi connectivity index (χ4n) is 2.48. The molecular formula is C17H18N4. The minimum atomic E-state index is 0.805. The summed E-state index contributed by atoms with van der Waals surface area (Å²) < 4.78 is 0. The van der Waals surface area contributed by atoms with Crippen molar-refractivity contribution in [1.82, 2.24) is 10.3 Å². The summed E-state index contributed by atoms with van der Waals surface area (Å²) in [5.41, 5.74) is 4.90. The molecule has 1 aromatic carbocycles. The molecule has 1 N–H and O–H groups in total. The highest BCUT2D eigenvalue weighted by Gasteiger charge is 2.28. The largest absolute Gasteiger partial charge is 0.387 e. The van der Waals surface area contributed by atoms with Crippen LogP contribution in [-0.4, -0.2) is 19.1 Å². The number of hydrogen-bond acceptors (Lipinski definition) is 4. The van der Waals surface area contributed by atoms with Gasteiger partial charge in [-0.1, -0.05) is 25.3 Å². The molecule has 0 spiro atoms. The van der Waals surface area contributed by atoms with E-state index in [0.717, 1.165) is 34.3 Å². The lowest BCUT2D eigenvalue weighted by Gasteiger charge is -2.21. The number of hydrogen-bond donors (Lipinski definition) is 1. The molecule has 21 heavy (non-hydrogen) atoms. The number of rotatable bonds is 3. The van der Waals surface area contributed by atoms with Crippen molar-refractivity contribution in [2.45, 2.75) is 0 Å². The molecule has 0 amide bonds. The summed E-state index contributed by atoms with van der Waals surface area (Å²) in [5.74, 6) is 0.915. The van der Waals surface area contributed by atoms with Gasteiger partial charge in [-0.2, -0.15) is 0 Å². The lowest BCUT2D eigenvalue weighted by molar-refractivity contribution is 1.07. The lowest BCUT2D eigenvalue weighted by atomic mass is 10.2. The van der Waals surface area contributed by atoms with Crippen LogP contribution in [0.1, 0.15) is 5.69 Å². The van der Waals surface area contributed by atoms with Gasteiger partial charge in [0.05, 0.1) is 34.6 Å². The molecule has 0 fully saturated rings. The summed E-state index contributed by atoms with van der Waals surface area (Å²) in [4.78, 5) is 8.65. The first-order chi connectivity index (χ1) is 10.1. The molecule has 0 saturated heterocycles. The van der Waals surface area contributed by atoms with Crippen LogP contribution < -0.4 is 15.1 Å². The number of aromatic nitrogens is 1. The Morgan fingerprint density at radius 2 is 1.86 bits per heavy atom. The molecule has 1 aromatic heterocycles. The minimum absolute atomic E-state index is 0.805. The summed E-state index contributed by atoms with van der Waals surface area (Å²) in [6.07, 6.45) is 1.85. The van der Waals surface area contributed by atoms with Crippen LogP contribution in [-0.2, 0) is 0 Å². The Bertz CT molecular complexity index is 703. The summed E-state index contributed by atoms with van der Waals surface area (Å²) in [5, 5.41) is 3.01. The maximum absolute atomic E-state index is 4.46. The molecule has 4 heteroatoms. The summed E-state index contributed by atoms with van der Waals surface area (Å²) in [6, 6.07) is 12.2. The highest BCUT2D eigenvalue weighted by molar-refractivity contribution is 5.87. The summed E-state index contributed by atoms with van der Waals surface area (Å²) >= 11 is 0. The van der Waals surface area contributed by atoms with Crippen molar-refractivity contribution in [2.24, 2.45) is 0 Å². The zero-order chi connectivity index (χ0) is 15.0. The predicted molar refractivity (Wildman–Crippen MR) is 88.5 cm³/mol. The van der Waals surface area contributed by atoms with E-state index in [1.165, 1.54) is 0 Å². The average Bonchev–Trinajstić information content (AvgIpc) is 2.79. The molecule has 0 radical (unpaired) electrons. The molecule has 3 rings (SSSR count). The molecule has 0 aliphatic carbocycles. The molecule has 4 nitrogen and oxygen atoms in total. The van der Waals surface area contributed by atoms with Gasteiger partial charge in [-0.15, -0.1) is 0 Å². The van der Waals surface area contributed by atoms with Gasteiger partial charge in [0.1, 0.15) is 5.82 Å². The van der Waals surface area contributed by atoms with Gasteiger partial charge in [0.2, 0.25) is 0 Å². The van der Waals surface area contributed by atoms with E-state index in [1.807, 2.05) is 44.6 Å². The predicted octanol–water partition coefficient (Wildman–Crippen LogP) is 3.33. The number of nitrogens with one attached hydrogen (secondary N) is 1. The van der Waals surface area contributed by atoms with Crippen molar-refractivity contribution < 1.29 is 0 Å². The number of fused-ring (bicyclic) bond motifs is 1. The molecule has 1 aliphatic rings. The van der Waals surface area contributed by atoms with Gasteiger partial charge >= 0.3 is 0 Å². The third kappa shape index (κ3) is 2.05. The Hall–Kier alpha value is -2.75. The second-order valence-corrected chi connectivity index (χ2v) is 4.93. The molecule has 0 unspecified atom stereocenters. The standard InChI is InChI=1S/C17H18N4/c1-12(18-3)15-10-9-14(11-19-15)21-13(2)20(4)16-7-5-6-8-17(16)21/h5-11,18H,1-2H2,3-4H3. The van der Waals surface area contributed by atoms with E-state index in [2.05, 4.69) is 45.4 Å². The average molecular weight is 278 g/mol. The fraction of sp³-hybridized carbons (Fsp3) is 0.118. The molecule has 0 atom stereocenters. The molecule has 2 heterocycles. The van der Waals surface area contributed by atoms with Crippen molar-refractivity contribution in [1.29, 1.82) is 0 Å². The number of para-hydroxylation sites is 2. The Morgan fingerprint density at radius 1 is 1.14 bits per heavy atom. The Labute approximate surface area is 125 Å². The number of anilines is 3. The van der Waals surface area contributed by atoms with Crippen LogP contribution in [0.15, 0.2) is 61.6 Å². The van der Waals surface area contributed by atoms with Crippen LogP contribution in [0.25, 0.3) is 5.70 Å². The number of nitrogens with zero attached hydrogens (tertiary/aromatic N) is 3. The molecule has 2 aromatic rings. The molecule has 106 valence electrons. The van der Waals surface area contributed by atoms with Crippen molar-refractivity contribution in [2.75, 3.05) is 23.9 Å². The van der Waals surface area contributed by atoms with Crippen molar-refractivity contribution in [3.05, 3.63) is 67.3 Å². The summed E-state index contributed by atoms with van der Waals surface area (Å²) in [6.45, 7) is 8.10. The lowest BCUT2D eigenvalue weighted by Crippen LogP contribution is -2.20. The normalized spacial score (nSPS) is 13.3. The van der Waals surface area contributed by atoms with Gasteiger partial charge in [-0.3, -0.25) is 9.88 Å². The quantitative estimate of drug-likeness (QED) is 0.933. The first kappa shape index (κ1) is 13.2. The van der Waals surface area contributed by atoms with Crippen LogP contribution in [0, 0.1) is 0 Å². The van der Waals surface area contributed by atoms with Gasteiger partial charge in [0.25, 0.3) is 0 Å². The van der Waals surface area contributed by atoms with Gasteiger partial charge in [-0.25, -0.2) is 0 Å². The second kappa shape index (κ2) is 4.98. The SMILES string of the molecule is C=C(NC)c1ccc(N2C(=C)N(C)c3ccccc32)cn1. The Balaban J connectivity index is 2.01. The maximum atomic E-state index is 4.46. The van der Waals surface area contributed by atoms with E-state index >= 15 is 0 Å². The Morgan fingerprint density at radius 3 is 2.48 bits per heavy atom. The van der Waals surface area contributed by atoms with E-state index in [4.69, 9.17) is 0 Å². The van der Waals surface area contributed by atoms with Crippen molar-refractivity contribution in [3.8, 4) is 0 Å². The van der Waals surface area contributed by atoms with Gasteiger partial charge in [0, 0.05) is 14.1 Å². The number of pyridine rings is 1. The minimum Gasteiger partial charge on any atom is -0.387 e. The molecule has 1 aliphatic heterocycles. The van der Waals surface area contributed by atoms with Crippen LogP contribution in [0.5, 0.6) is 0 Å². The van der Waals surface area contributed by atoms with Gasteiger partial charge < -0.3 is 10.2 Å². The van der Waals surface area contributed by atoms with E-state index in [1.54, 1.807) is 0 Å². The van der Waals surface area contributed by atoms with Crippen LogP contribution >= 0.6 is 0 Å². The first-order valence-corrected chi connectivity index (χ1v) is 6.78. The first-order valence-electron chi connectivity index (χ1n) is 6.78. The molecule has 0 bridgehead atoms. The molecule has 0 saturated carbocycles. The van der Waals surface area contributed by atoms with E-state index in [0.29, 0.717) is 0 Å². The Kier molecular flexibility index (Phi) is 3.14. The monoisotopic (exact) mass is 278 g/mol. The number of benzene rings is 1.